The highest BCUT2D eigenvalue weighted by atomic mass is 16.7. The first kappa shape index (κ1) is 16.2. The standard InChI is InChI=1S/C19H16N4O3/c1-22-18(11-20)15-5-3-2-4-14(15)16-10-17(21-26-19(16)22)12-6-8-13(9-7-12)23(24)25/h2-9,16,18-19H,10H2,1H3/t16-,18-,19-/m1/s1. The molecule has 0 aromatic heterocycles. The molecule has 7 heteroatoms. The molecule has 4 rings (SSSR count). The Morgan fingerprint density at radius 3 is 2.58 bits per heavy atom. The molecule has 3 atom stereocenters. The highest BCUT2D eigenvalue weighted by Crippen LogP contribution is 2.43. The van der Waals surface area contributed by atoms with Crippen LogP contribution in [0.5, 0.6) is 0 Å². The van der Waals surface area contributed by atoms with Crippen molar-refractivity contribution in [3.8, 4) is 6.07 Å². The summed E-state index contributed by atoms with van der Waals surface area (Å²) in [6.45, 7) is 0. The second-order valence-electron chi connectivity index (χ2n) is 6.47. The fraction of sp³-hybridized carbons (Fsp3) is 0.263. The first-order valence-corrected chi connectivity index (χ1v) is 8.28. The van der Waals surface area contributed by atoms with E-state index in [2.05, 4.69) is 11.2 Å². The molecule has 26 heavy (non-hydrogen) atoms. The van der Waals surface area contributed by atoms with Crippen molar-refractivity contribution in [1.29, 1.82) is 5.26 Å². The number of non-ortho nitro benzene ring substituents is 1. The van der Waals surface area contributed by atoms with E-state index < -0.39 is 4.92 Å². The van der Waals surface area contributed by atoms with Crippen LogP contribution in [0.15, 0.2) is 53.7 Å². The van der Waals surface area contributed by atoms with Crippen LogP contribution in [0.1, 0.15) is 35.1 Å². The first-order valence-electron chi connectivity index (χ1n) is 8.28. The van der Waals surface area contributed by atoms with Gasteiger partial charge in [-0.15, -0.1) is 0 Å². The van der Waals surface area contributed by atoms with Crippen molar-refractivity contribution in [3.05, 3.63) is 75.3 Å². The van der Waals surface area contributed by atoms with Gasteiger partial charge in [0.25, 0.3) is 5.69 Å². The molecule has 0 saturated heterocycles. The van der Waals surface area contributed by atoms with Gasteiger partial charge in [-0.1, -0.05) is 29.4 Å². The number of rotatable bonds is 2. The number of nitrogens with zero attached hydrogens (tertiary/aromatic N) is 4. The summed E-state index contributed by atoms with van der Waals surface area (Å²) >= 11 is 0. The van der Waals surface area contributed by atoms with Crippen LogP contribution in [0.4, 0.5) is 5.69 Å². The van der Waals surface area contributed by atoms with Crippen LogP contribution in [0.2, 0.25) is 0 Å². The summed E-state index contributed by atoms with van der Waals surface area (Å²) in [6.07, 6.45) is 0.332. The van der Waals surface area contributed by atoms with Crippen LogP contribution in [0.3, 0.4) is 0 Å². The molecule has 2 aromatic carbocycles. The molecule has 0 N–H and O–H groups in total. The Labute approximate surface area is 150 Å². The van der Waals surface area contributed by atoms with Gasteiger partial charge in [-0.2, -0.15) is 5.26 Å². The van der Waals surface area contributed by atoms with Gasteiger partial charge in [0, 0.05) is 24.5 Å². The number of nitro groups is 1. The Balaban J connectivity index is 1.69. The van der Waals surface area contributed by atoms with Crippen LogP contribution >= 0.6 is 0 Å². The number of oxime groups is 1. The monoisotopic (exact) mass is 348 g/mol. The van der Waals surface area contributed by atoms with Crippen LogP contribution in [0.25, 0.3) is 0 Å². The van der Waals surface area contributed by atoms with Crippen molar-refractivity contribution in [3.63, 3.8) is 0 Å². The lowest BCUT2D eigenvalue weighted by Gasteiger charge is -2.43. The maximum absolute atomic E-state index is 10.8. The lowest BCUT2D eigenvalue weighted by atomic mass is 9.80. The predicted octanol–water partition coefficient (Wildman–Crippen LogP) is 3.34. The maximum Gasteiger partial charge on any atom is 0.269 e. The zero-order valence-corrected chi connectivity index (χ0v) is 14.1. The van der Waals surface area contributed by atoms with Crippen molar-refractivity contribution in [2.24, 2.45) is 5.16 Å². The van der Waals surface area contributed by atoms with E-state index in [4.69, 9.17) is 4.84 Å². The summed E-state index contributed by atoms with van der Waals surface area (Å²) in [5.41, 5.74) is 3.68. The molecule has 0 saturated carbocycles. The summed E-state index contributed by atoms with van der Waals surface area (Å²) in [7, 11) is 1.87. The van der Waals surface area contributed by atoms with Crippen molar-refractivity contribution in [2.75, 3.05) is 7.05 Å². The normalized spacial score (nSPS) is 24.5. The van der Waals surface area contributed by atoms with E-state index >= 15 is 0 Å². The van der Waals surface area contributed by atoms with Crippen molar-refractivity contribution >= 4 is 11.4 Å². The average Bonchev–Trinajstić information content (AvgIpc) is 2.68. The van der Waals surface area contributed by atoms with Crippen molar-refractivity contribution in [1.82, 2.24) is 4.90 Å². The molecule has 130 valence electrons. The number of hydrogen-bond donors (Lipinski definition) is 0. The Kier molecular flexibility index (Phi) is 3.90. The minimum Gasteiger partial charge on any atom is -0.375 e. The van der Waals surface area contributed by atoms with E-state index in [1.165, 1.54) is 12.1 Å². The molecule has 2 aliphatic rings. The van der Waals surface area contributed by atoms with E-state index in [9.17, 15) is 15.4 Å². The van der Waals surface area contributed by atoms with Gasteiger partial charge < -0.3 is 4.84 Å². The summed E-state index contributed by atoms with van der Waals surface area (Å²) < 4.78 is 0. The Morgan fingerprint density at radius 1 is 1.23 bits per heavy atom. The van der Waals surface area contributed by atoms with Gasteiger partial charge in [0.05, 0.1) is 16.7 Å². The fourth-order valence-electron chi connectivity index (χ4n) is 3.73. The number of hydrogen-bond acceptors (Lipinski definition) is 6. The topological polar surface area (TPSA) is 91.8 Å². The molecular formula is C19H16N4O3. The highest BCUT2D eigenvalue weighted by molar-refractivity contribution is 6.01. The maximum atomic E-state index is 10.8. The fourth-order valence-corrected chi connectivity index (χ4v) is 3.73. The molecular weight excluding hydrogens is 332 g/mol. The molecule has 0 spiro atoms. The van der Waals surface area contributed by atoms with Gasteiger partial charge in [-0.05, 0) is 35.9 Å². The van der Waals surface area contributed by atoms with E-state index in [1.54, 1.807) is 12.1 Å². The molecule has 2 heterocycles. The smallest absolute Gasteiger partial charge is 0.269 e. The number of likely N-dealkylation sites (N-methyl/N-ethyl adjacent to an activating group) is 1. The van der Waals surface area contributed by atoms with Crippen molar-refractivity contribution in [2.45, 2.75) is 24.6 Å². The number of fused-ring (bicyclic) bond motifs is 3. The van der Waals surface area contributed by atoms with Gasteiger partial charge in [-0.25, -0.2) is 4.90 Å². The summed E-state index contributed by atoms with van der Waals surface area (Å²) in [5.74, 6) is 0.0449. The predicted molar refractivity (Wildman–Crippen MR) is 94.4 cm³/mol. The van der Waals surface area contributed by atoms with E-state index in [1.807, 2.05) is 36.2 Å². The molecule has 0 bridgehead atoms. The van der Waals surface area contributed by atoms with Gasteiger partial charge >= 0.3 is 0 Å². The van der Waals surface area contributed by atoms with Gasteiger partial charge in [0.1, 0.15) is 6.04 Å². The molecule has 0 radical (unpaired) electrons. The Morgan fingerprint density at radius 2 is 1.92 bits per heavy atom. The Bertz CT molecular complexity index is 933. The second kappa shape index (κ2) is 6.24. The third-order valence-electron chi connectivity index (χ3n) is 5.06. The lowest BCUT2D eigenvalue weighted by Crippen LogP contribution is -2.47. The number of benzene rings is 2. The average molecular weight is 348 g/mol. The summed E-state index contributed by atoms with van der Waals surface area (Å²) in [5, 5.41) is 24.6. The van der Waals surface area contributed by atoms with Crippen molar-refractivity contribution < 1.29 is 9.76 Å². The second-order valence-corrected chi connectivity index (χ2v) is 6.47. The minimum absolute atomic E-state index is 0.0449. The lowest BCUT2D eigenvalue weighted by molar-refractivity contribution is -0.384. The number of nitro benzene ring substituents is 1. The molecule has 2 aromatic rings. The molecule has 0 amide bonds. The summed E-state index contributed by atoms with van der Waals surface area (Å²) in [4.78, 5) is 18.1. The first-order chi connectivity index (χ1) is 12.6. The van der Waals surface area contributed by atoms with E-state index in [-0.39, 0.29) is 23.9 Å². The van der Waals surface area contributed by atoms with E-state index in [0.717, 1.165) is 22.4 Å². The van der Waals surface area contributed by atoms with Crippen LogP contribution in [0, 0.1) is 21.4 Å². The number of nitriles is 1. The van der Waals surface area contributed by atoms with Crippen LogP contribution in [-0.4, -0.2) is 28.8 Å². The summed E-state index contributed by atoms with van der Waals surface area (Å²) in [6, 6.07) is 16.2. The SMILES string of the molecule is CN1[C@H](C#N)c2ccccc2[C@H]2CC(c3ccc([N+](=O)[O-])cc3)=NO[C@H]21. The van der Waals surface area contributed by atoms with Crippen LogP contribution < -0.4 is 0 Å². The molecule has 7 nitrogen and oxygen atoms in total. The molecule has 0 fully saturated rings. The van der Waals surface area contributed by atoms with Crippen LogP contribution in [-0.2, 0) is 4.84 Å². The third kappa shape index (κ3) is 2.52. The zero-order chi connectivity index (χ0) is 18.3. The van der Waals surface area contributed by atoms with E-state index in [0.29, 0.717) is 6.42 Å². The molecule has 0 aliphatic carbocycles. The minimum atomic E-state index is -0.423. The highest BCUT2D eigenvalue weighted by Gasteiger charge is 2.43. The van der Waals surface area contributed by atoms with Gasteiger partial charge in [-0.3, -0.25) is 10.1 Å². The zero-order valence-electron chi connectivity index (χ0n) is 14.1. The van der Waals surface area contributed by atoms with Gasteiger partial charge in [0.2, 0.25) is 0 Å². The van der Waals surface area contributed by atoms with Gasteiger partial charge in [0.15, 0.2) is 6.23 Å². The Hall–Kier alpha value is -3.24. The molecule has 2 aliphatic heterocycles. The largest absolute Gasteiger partial charge is 0.375 e. The quantitative estimate of drug-likeness (QED) is 0.613. The third-order valence-corrected chi connectivity index (χ3v) is 5.06. The molecule has 0 unspecified atom stereocenters.